The second kappa shape index (κ2) is 8.25. The van der Waals surface area contributed by atoms with Crippen molar-refractivity contribution in [2.75, 3.05) is 26.3 Å². The monoisotopic (exact) mass is 254 g/mol. The summed E-state index contributed by atoms with van der Waals surface area (Å²) in [4.78, 5) is 2.02. The van der Waals surface area contributed by atoms with E-state index in [0.29, 0.717) is 19.5 Å². The molecule has 0 heterocycles. The summed E-state index contributed by atoms with van der Waals surface area (Å²) in [5.74, 6) is 0.123. The van der Waals surface area contributed by atoms with Crippen LogP contribution in [0.5, 0.6) is 0 Å². The first kappa shape index (κ1) is 17.1. The van der Waals surface area contributed by atoms with Gasteiger partial charge in [-0.1, -0.05) is 19.9 Å². The van der Waals surface area contributed by atoms with Crippen molar-refractivity contribution in [3.05, 3.63) is 12.7 Å². The van der Waals surface area contributed by atoms with Gasteiger partial charge in [0.05, 0.1) is 19.3 Å². The van der Waals surface area contributed by atoms with Gasteiger partial charge in [0, 0.05) is 25.6 Å². The molecule has 0 bridgehead atoms. The van der Waals surface area contributed by atoms with Crippen molar-refractivity contribution in [1.82, 2.24) is 4.90 Å². The van der Waals surface area contributed by atoms with Crippen molar-refractivity contribution in [1.29, 1.82) is 5.26 Å². The van der Waals surface area contributed by atoms with Crippen LogP contribution >= 0.6 is 0 Å². The van der Waals surface area contributed by atoms with Gasteiger partial charge in [0.25, 0.3) is 0 Å². The maximum absolute atomic E-state index is 9.08. The van der Waals surface area contributed by atoms with E-state index < -0.39 is 0 Å². The molecule has 0 saturated heterocycles. The van der Waals surface area contributed by atoms with Gasteiger partial charge < -0.3 is 10.2 Å². The lowest BCUT2D eigenvalue weighted by molar-refractivity contribution is 0.0690. The van der Waals surface area contributed by atoms with Crippen LogP contribution in [0.25, 0.3) is 0 Å². The van der Waals surface area contributed by atoms with Crippen LogP contribution in [0.4, 0.5) is 0 Å². The van der Waals surface area contributed by atoms with E-state index in [-0.39, 0.29) is 30.6 Å². The molecule has 0 aliphatic rings. The average Bonchev–Trinajstić information content (AvgIpc) is 2.34. The summed E-state index contributed by atoms with van der Waals surface area (Å²) in [6.07, 6.45) is 2.31. The van der Waals surface area contributed by atoms with E-state index in [0.717, 1.165) is 0 Å². The van der Waals surface area contributed by atoms with E-state index in [1.807, 2.05) is 17.9 Å². The molecule has 0 radical (unpaired) electrons. The molecule has 0 aromatic carbocycles. The summed E-state index contributed by atoms with van der Waals surface area (Å²) in [5.41, 5.74) is -0.154. The lowest BCUT2D eigenvalue weighted by atomic mass is 9.73. The third kappa shape index (κ3) is 4.77. The number of hydrogen-bond acceptors (Lipinski definition) is 4. The van der Waals surface area contributed by atoms with Gasteiger partial charge in [0.15, 0.2) is 0 Å². The van der Waals surface area contributed by atoms with E-state index in [1.165, 1.54) is 0 Å². The SMILES string of the molecule is C=CC(C)(C)[C@@H](CC#N)C(C)N(CCO)CCO. The highest BCUT2D eigenvalue weighted by atomic mass is 16.3. The highest BCUT2D eigenvalue weighted by molar-refractivity contribution is 5.00. The molecule has 4 nitrogen and oxygen atoms in total. The zero-order valence-corrected chi connectivity index (χ0v) is 11.8. The highest BCUT2D eigenvalue weighted by Gasteiger charge is 2.33. The minimum Gasteiger partial charge on any atom is -0.395 e. The summed E-state index contributed by atoms with van der Waals surface area (Å²) in [7, 11) is 0. The molecule has 0 fully saturated rings. The topological polar surface area (TPSA) is 67.5 Å². The molecule has 4 heteroatoms. The molecule has 0 rings (SSSR count). The summed E-state index contributed by atoms with van der Waals surface area (Å²) < 4.78 is 0. The molecule has 104 valence electrons. The molecule has 0 spiro atoms. The van der Waals surface area contributed by atoms with E-state index >= 15 is 0 Å². The predicted octanol–water partition coefficient (Wildman–Crippen LogP) is 1.40. The molecule has 2 N–H and O–H groups in total. The summed E-state index contributed by atoms with van der Waals surface area (Å²) >= 11 is 0. The van der Waals surface area contributed by atoms with E-state index in [9.17, 15) is 0 Å². The van der Waals surface area contributed by atoms with Gasteiger partial charge >= 0.3 is 0 Å². The lowest BCUT2D eigenvalue weighted by Crippen LogP contribution is -2.46. The zero-order valence-electron chi connectivity index (χ0n) is 11.8. The Morgan fingerprint density at radius 3 is 2.17 bits per heavy atom. The van der Waals surface area contributed by atoms with Crippen molar-refractivity contribution >= 4 is 0 Å². The molecular weight excluding hydrogens is 228 g/mol. The number of rotatable bonds is 9. The van der Waals surface area contributed by atoms with Gasteiger partial charge in [-0.05, 0) is 18.3 Å². The van der Waals surface area contributed by atoms with Crippen LogP contribution in [0, 0.1) is 22.7 Å². The second-order valence-corrected chi connectivity index (χ2v) is 5.22. The van der Waals surface area contributed by atoms with Gasteiger partial charge in [0.1, 0.15) is 0 Å². The van der Waals surface area contributed by atoms with Crippen LogP contribution in [0.3, 0.4) is 0 Å². The fourth-order valence-corrected chi connectivity index (χ4v) is 2.34. The number of hydrogen-bond donors (Lipinski definition) is 2. The molecule has 0 aliphatic heterocycles. The Kier molecular flexibility index (Phi) is 7.85. The first-order valence-corrected chi connectivity index (χ1v) is 6.40. The average molecular weight is 254 g/mol. The predicted molar refractivity (Wildman–Crippen MR) is 72.9 cm³/mol. The first-order valence-electron chi connectivity index (χ1n) is 6.40. The Labute approximate surface area is 111 Å². The molecule has 0 aromatic heterocycles. The fraction of sp³-hybridized carbons (Fsp3) is 0.786. The number of allylic oxidation sites excluding steroid dienone is 1. The Balaban J connectivity index is 4.97. The second-order valence-electron chi connectivity index (χ2n) is 5.22. The molecule has 0 aromatic rings. The minimum absolute atomic E-state index is 0.0537. The van der Waals surface area contributed by atoms with E-state index in [2.05, 4.69) is 26.5 Å². The van der Waals surface area contributed by atoms with Crippen molar-refractivity contribution in [2.45, 2.75) is 33.2 Å². The van der Waals surface area contributed by atoms with Gasteiger partial charge in [-0.15, -0.1) is 6.58 Å². The number of nitrogens with zero attached hydrogens (tertiary/aromatic N) is 2. The standard InChI is InChI=1S/C14H26N2O2/c1-5-14(3,4)13(6-7-15)12(2)16(8-10-17)9-11-18/h5,12-13,17-18H,1,6,8-11H2,2-4H3/t12?,13-/m0/s1. The smallest absolute Gasteiger partial charge is 0.0625 e. The molecular formula is C14H26N2O2. The lowest BCUT2D eigenvalue weighted by Gasteiger charge is -2.40. The minimum atomic E-state index is -0.154. The molecule has 0 amide bonds. The van der Waals surface area contributed by atoms with Crippen molar-refractivity contribution in [3.8, 4) is 6.07 Å². The fourth-order valence-electron chi connectivity index (χ4n) is 2.34. The summed E-state index contributed by atoms with van der Waals surface area (Å²) in [5, 5.41) is 27.1. The number of aliphatic hydroxyl groups is 2. The van der Waals surface area contributed by atoms with Crippen LogP contribution in [-0.2, 0) is 0 Å². The van der Waals surface area contributed by atoms with Crippen LogP contribution in [0.2, 0.25) is 0 Å². The quantitative estimate of drug-likeness (QED) is 0.610. The summed E-state index contributed by atoms with van der Waals surface area (Å²) in [6, 6.07) is 2.34. The zero-order chi connectivity index (χ0) is 14.2. The van der Waals surface area contributed by atoms with Crippen LogP contribution in [0.1, 0.15) is 27.2 Å². The van der Waals surface area contributed by atoms with Gasteiger partial charge in [-0.2, -0.15) is 5.26 Å². The first-order chi connectivity index (χ1) is 8.44. The maximum atomic E-state index is 9.08. The molecule has 18 heavy (non-hydrogen) atoms. The van der Waals surface area contributed by atoms with Crippen LogP contribution < -0.4 is 0 Å². The Morgan fingerprint density at radius 2 is 1.83 bits per heavy atom. The largest absolute Gasteiger partial charge is 0.395 e. The van der Waals surface area contributed by atoms with E-state index in [1.54, 1.807) is 0 Å². The normalized spacial score (nSPS) is 15.2. The van der Waals surface area contributed by atoms with Crippen molar-refractivity contribution in [3.63, 3.8) is 0 Å². The third-order valence-corrected chi connectivity index (χ3v) is 3.73. The molecule has 0 saturated carbocycles. The number of nitriles is 1. The molecule has 2 atom stereocenters. The Bertz CT molecular complexity index is 278. The van der Waals surface area contributed by atoms with Crippen LogP contribution in [-0.4, -0.2) is 47.5 Å². The Hall–Kier alpha value is -0.890. The molecule has 0 aliphatic carbocycles. The molecule has 1 unspecified atom stereocenters. The van der Waals surface area contributed by atoms with E-state index in [4.69, 9.17) is 15.5 Å². The van der Waals surface area contributed by atoms with Gasteiger partial charge in [0.2, 0.25) is 0 Å². The van der Waals surface area contributed by atoms with Crippen molar-refractivity contribution in [2.24, 2.45) is 11.3 Å². The highest BCUT2D eigenvalue weighted by Crippen LogP contribution is 2.35. The summed E-state index contributed by atoms with van der Waals surface area (Å²) in [6.45, 7) is 11.1. The third-order valence-electron chi connectivity index (χ3n) is 3.73. The maximum Gasteiger partial charge on any atom is 0.0625 e. The number of aliphatic hydroxyl groups excluding tert-OH is 2. The van der Waals surface area contributed by atoms with Gasteiger partial charge in [-0.25, -0.2) is 0 Å². The van der Waals surface area contributed by atoms with Crippen molar-refractivity contribution < 1.29 is 10.2 Å². The Morgan fingerprint density at radius 1 is 1.33 bits per heavy atom. The van der Waals surface area contributed by atoms with Gasteiger partial charge in [-0.3, -0.25) is 4.90 Å². The van der Waals surface area contributed by atoms with Crippen LogP contribution in [0.15, 0.2) is 12.7 Å².